The van der Waals surface area contributed by atoms with E-state index in [9.17, 15) is 0 Å². The highest BCUT2D eigenvalue weighted by Crippen LogP contribution is 2.37. The first kappa shape index (κ1) is 14.6. The molecule has 1 nitrogen and oxygen atoms in total. The molecule has 1 aromatic rings. The van der Waals surface area contributed by atoms with Crippen molar-refractivity contribution in [2.45, 2.75) is 65.3 Å². The largest absolute Gasteiger partial charge is 0.325 e. The summed E-state index contributed by atoms with van der Waals surface area (Å²) in [7, 11) is 0. The van der Waals surface area contributed by atoms with Gasteiger partial charge in [0.1, 0.15) is 0 Å². The summed E-state index contributed by atoms with van der Waals surface area (Å²) in [5.74, 6) is 1.69. The molecule has 0 aliphatic heterocycles. The van der Waals surface area contributed by atoms with E-state index in [1.54, 1.807) is 0 Å². The topological polar surface area (TPSA) is 26.0 Å². The van der Waals surface area contributed by atoms with Gasteiger partial charge in [-0.1, -0.05) is 32.0 Å². The van der Waals surface area contributed by atoms with Crippen LogP contribution in [0.4, 0.5) is 0 Å². The van der Waals surface area contributed by atoms with E-state index < -0.39 is 0 Å². The summed E-state index contributed by atoms with van der Waals surface area (Å²) in [4.78, 5) is 0. The monoisotopic (exact) mass is 259 g/mol. The zero-order chi connectivity index (χ0) is 14.0. The van der Waals surface area contributed by atoms with E-state index in [0.717, 1.165) is 18.3 Å². The minimum absolute atomic E-state index is 0.0300. The van der Waals surface area contributed by atoms with Crippen molar-refractivity contribution in [2.75, 3.05) is 0 Å². The smallest absolute Gasteiger partial charge is 0.0195 e. The van der Waals surface area contributed by atoms with Crippen molar-refractivity contribution in [2.24, 2.45) is 17.6 Å². The van der Waals surface area contributed by atoms with Gasteiger partial charge in [0, 0.05) is 5.54 Å². The molecule has 2 N–H and O–H groups in total. The van der Waals surface area contributed by atoms with Crippen molar-refractivity contribution >= 4 is 0 Å². The summed E-state index contributed by atoms with van der Waals surface area (Å²) < 4.78 is 0. The van der Waals surface area contributed by atoms with Crippen LogP contribution in [0.5, 0.6) is 0 Å². The molecule has 0 amide bonds. The summed E-state index contributed by atoms with van der Waals surface area (Å²) in [5.41, 5.74) is 11.0. The molecule has 0 aromatic heterocycles. The zero-order valence-corrected chi connectivity index (χ0v) is 13.0. The quantitative estimate of drug-likeness (QED) is 0.856. The van der Waals surface area contributed by atoms with Gasteiger partial charge in [-0.3, -0.25) is 0 Å². The van der Waals surface area contributed by atoms with E-state index in [0.29, 0.717) is 0 Å². The van der Waals surface area contributed by atoms with Crippen LogP contribution in [0.25, 0.3) is 0 Å². The minimum atomic E-state index is 0.0300. The van der Waals surface area contributed by atoms with Gasteiger partial charge in [0.15, 0.2) is 0 Å². The van der Waals surface area contributed by atoms with Crippen molar-refractivity contribution in [3.63, 3.8) is 0 Å². The lowest BCUT2D eigenvalue weighted by Crippen LogP contribution is -2.46. The molecule has 1 saturated carbocycles. The predicted octanol–water partition coefficient (Wildman–Crippen LogP) is 4.39. The first-order valence-electron chi connectivity index (χ1n) is 7.75. The molecule has 0 atom stereocenters. The van der Waals surface area contributed by atoms with Crippen LogP contribution in [0.2, 0.25) is 0 Å². The van der Waals surface area contributed by atoms with Crippen LogP contribution < -0.4 is 5.73 Å². The highest BCUT2D eigenvalue weighted by atomic mass is 14.7. The molecule has 0 bridgehead atoms. The van der Waals surface area contributed by atoms with E-state index in [1.807, 2.05) is 0 Å². The Morgan fingerprint density at radius 3 is 2.16 bits per heavy atom. The minimum Gasteiger partial charge on any atom is -0.325 e. The lowest BCUT2D eigenvalue weighted by Gasteiger charge is -2.39. The van der Waals surface area contributed by atoms with Crippen LogP contribution in [-0.4, -0.2) is 5.54 Å². The summed E-state index contributed by atoms with van der Waals surface area (Å²) in [6.45, 7) is 9.12. The van der Waals surface area contributed by atoms with Crippen molar-refractivity contribution in [1.82, 2.24) is 0 Å². The molecule has 1 aromatic carbocycles. The van der Waals surface area contributed by atoms with Gasteiger partial charge in [0.2, 0.25) is 0 Å². The van der Waals surface area contributed by atoms with Gasteiger partial charge >= 0.3 is 0 Å². The molecular formula is C18H29N. The first-order chi connectivity index (χ1) is 8.91. The van der Waals surface area contributed by atoms with Crippen LogP contribution in [-0.2, 0) is 6.42 Å². The van der Waals surface area contributed by atoms with Crippen LogP contribution >= 0.6 is 0 Å². The van der Waals surface area contributed by atoms with Crippen molar-refractivity contribution in [3.05, 3.63) is 34.9 Å². The fourth-order valence-corrected chi connectivity index (χ4v) is 3.54. The van der Waals surface area contributed by atoms with Gasteiger partial charge < -0.3 is 5.73 Å². The third-order valence-electron chi connectivity index (χ3n) is 5.14. The molecule has 1 fully saturated rings. The predicted molar refractivity (Wildman–Crippen MR) is 83.3 cm³/mol. The van der Waals surface area contributed by atoms with Crippen LogP contribution in [0.3, 0.4) is 0 Å². The van der Waals surface area contributed by atoms with Gasteiger partial charge in [-0.05, 0) is 74.5 Å². The van der Waals surface area contributed by atoms with Gasteiger partial charge in [-0.2, -0.15) is 0 Å². The van der Waals surface area contributed by atoms with Crippen LogP contribution in [0.1, 0.15) is 56.2 Å². The molecule has 1 aliphatic carbocycles. The van der Waals surface area contributed by atoms with Crippen molar-refractivity contribution in [3.8, 4) is 0 Å². The summed E-state index contributed by atoms with van der Waals surface area (Å²) >= 11 is 0. The maximum Gasteiger partial charge on any atom is 0.0195 e. The Morgan fingerprint density at radius 1 is 1.16 bits per heavy atom. The first-order valence-corrected chi connectivity index (χ1v) is 7.75. The van der Waals surface area contributed by atoms with Gasteiger partial charge in [-0.15, -0.1) is 0 Å². The number of benzene rings is 1. The fraction of sp³-hybridized carbons (Fsp3) is 0.667. The van der Waals surface area contributed by atoms with Gasteiger partial charge in [-0.25, -0.2) is 0 Å². The van der Waals surface area contributed by atoms with E-state index >= 15 is 0 Å². The third kappa shape index (κ3) is 3.39. The van der Waals surface area contributed by atoms with E-state index in [1.165, 1.54) is 42.4 Å². The number of aryl methyl sites for hydroxylation is 2. The fourth-order valence-electron chi connectivity index (χ4n) is 3.54. The molecule has 1 aliphatic rings. The van der Waals surface area contributed by atoms with Crippen molar-refractivity contribution in [1.29, 1.82) is 0 Å². The lowest BCUT2D eigenvalue weighted by atomic mass is 9.70. The molecule has 106 valence electrons. The average Bonchev–Trinajstić information content (AvgIpc) is 2.35. The Balaban J connectivity index is 2.07. The van der Waals surface area contributed by atoms with Crippen molar-refractivity contribution < 1.29 is 0 Å². The van der Waals surface area contributed by atoms with Crippen LogP contribution in [0.15, 0.2) is 18.2 Å². The summed E-state index contributed by atoms with van der Waals surface area (Å²) in [5, 5.41) is 0. The number of hydrogen-bond acceptors (Lipinski definition) is 1. The number of hydrogen-bond donors (Lipinski definition) is 1. The maximum atomic E-state index is 6.69. The normalized spacial score (nSPS) is 27.8. The van der Waals surface area contributed by atoms with Gasteiger partial charge in [0.25, 0.3) is 0 Å². The Labute approximate surface area is 118 Å². The molecule has 1 heteroatoms. The third-order valence-corrected chi connectivity index (χ3v) is 5.14. The molecule has 0 spiro atoms. The number of rotatable bonds is 3. The Kier molecular flexibility index (Phi) is 4.35. The highest BCUT2D eigenvalue weighted by molar-refractivity contribution is 5.35. The Morgan fingerprint density at radius 2 is 1.68 bits per heavy atom. The Bertz CT molecular complexity index is 405. The SMILES string of the molecule is Cc1cccc(C)c1CC1(N)CCC(C(C)C)CC1. The standard InChI is InChI=1S/C18H29N/c1-13(2)16-8-10-18(19,11-9-16)12-17-14(3)6-5-7-15(17)4/h5-7,13,16H,8-12,19H2,1-4H3. The average molecular weight is 259 g/mol. The second-order valence-corrected chi connectivity index (χ2v) is 6.99. The lowest BCUT2D eigenvalue weighted by molar-refractivity contribution is 0.194. The molecule has 0 unspecified atom stereocenters. The van der Waals surface area contributed by atoms with E-state index in [-0.39, 0.29) is 5.54 Å². The second kappa shape index (κ2) is 5.66. The molecule has 0 radical (unpaired) electrons. The summed E-state index contributed by atoms with van der Waals surface area (Å²) in [6, 6.07) is 6.57. The van der Waals surface area contributed by atoms with E-state index in [2.05, 4.69) is 45.9 Å². The zero-order valence-electron chi connectivity index (χ0n) is 13.0. The van der Waals surface area contributed by atoms with Gasteiger partial charge in [0.05, 0.1) is 0 Å². The molecular weight excluding hydrogens is 230 g/mol. The molecule has 0 saturated heterocycles. The number of nitrogens with two attached hydrogens (primary N) is 1. The maximum absolute atomic E-state index is 6.69. The summed E-state index contributed by atoms with van der Waals surface area (Å²) in [6.07, 6.45) is 6.03. The molecule has 19 heavy (non-hydrogen) atoms. The van der Waals surface area contributed by atoms with E-state index in [4.69, 9.17) is 5.73 Å². The molecule has 0 heterocycles. The highest BCUT2D eigenvalue weighted by Gasteiger charge is 2.33. The molecule has 2 rings (SSSR count). The second-order valence-electron chi connectivity index (χ2n) is 6.99. The Hall–Kier alpha value is -0.820. The van der Waals surface area contributed by atoms with Crippen LogP contribution in [0, 0.1) is 25.7 Å².